The molecule has 6 nitrogen and oxygen atoms in total. The van der Waals surface area contributed by atoms with E-state index in [1.165, 1.54) is 11.1 Å². The average Bonchev–Trinajstić information content (AvgIpc) is 2.56. The summed E-state index contributed by atoms with van der Waals surface area (Å²) in [5, 5.41) is 3.39. The molecule has 3 N–H and O–H groups in total. The van der Waals surface area contributed by atoms with Crippen LogP contribution in [0, 0.1) is 6.92 Å². The Balaban J connectivity index is 1.67. The van der Waals surface area contributed by atoms with Crippen LogP contribution < -0.4 is 15.6 Å². The number of aryl methyl sites for hydroxylation is 1. The maximum Gasteiger partial charge on any atom is 0.256 e. The lowest BCUT2D eigenvalue weighted by Crippen LogP contribution is -3.14. The number of hydrogen-bond donors (Lipinski definition) is 3. The molecule has 0 atom stereocenters. The summed E-state index contributed by atoms with van der Waals surface area (Å²) >= 11 is 0. The third-order valence-electron chi connectivity index (χ3n) is 4.24. The van der Waals surface area contributed by atoms with Gasteiger partial charge in [-0.25, -0.2) is 0 Å². The van der Waals surface area contributed by atoms with Gasteiger partial charge in [-0.15, -0.1) is 0 Å². The van der Waals surface area contributed by atoms with E-state index in [0.29, 0.717) is 11.9 Å². The number of ether oxygens (including phenoxy) is 1. The molecule has 1 aliphatic rings. The van der Waals surface area contributed by atoms with Crippen LogP contribution in [0.25, 0.3) is 10.9 Å². The number of H-pyrrole nitrogens is 1. The highest BCUT2D eigenvalue weighted by Gasteiger charge is 2.16. The number of quaternary nitrogens is 1. The lowest BCUT2D eigenvalue weighted by atomic mass is 10.1. The number of nitrogens with one attached hydrogen (secondary N) is 3. The fraction of sp³-hybridized carbons (Fsp3) is 0.412. The van der Waals surface area contributed by atoms with E-state index in [0.717, 1.165) is 43.9 Å². The first-order valence-corrected chi connectivity index (χ1v) is 7.97. The quantitative estimate of drug-likeness (QED) is 0.711. The summed E-state index contributed by atoms with van der Waals surface area (Å²) in [7, 11) is 0. The lowest BCUT2D eigenvalue weighted by Gasteiger charge is -2.23. The van der Waals surface area contributed by atoms with E-state index < -0.39 is 0 Å². The molecule has 1 aromatic heterocycles. The number of fused-ring (bicyclic) bond motifs is 1. The largest absolute Gasteiger partial charge is 0.370 e. The van der Waals surface area contributed by atoms with Gasteiger partial charge in [0.15, 0.2) is 0 Å². The van der Waals surface area contributed by atoms with Crippen LogP contribution >= 0.6 is 0 Å². The minimum Gasteiger partial charge on any atom is -0.370 e. The molecule has 1 aliphatic heterocycles. The van der Waals surface area contributed by atoms with Crippen molar-refractivity contribution in [3.8, 4) is 0 Å². The van der Waals surface area contributed by atoms with Gasteiger partial charge < -0.3 is 19.9 Å². The first-order chi connectivity index (χ1) is 11.1. The monoisotopic (exact) mass is 316 g/mol. The van der Waals surface area contributed by atoms with Gasteiger partial charge in [-0.3, -0.25) is 9.59 Å². The molecule has 122 valence electrons. The molecule has 1 saturated heterocycles. The first kappa shape index (κ1) is 15.7. The van der Waals surface area contributed by atoms with Gasteiger partial charge in [0.05, 0.1) is 26.3 Å². The minimum atomic E-state index is -0.318. The Morgan fingerprint density at radius 1 is 1.35 bits per heavy atom. The van der Waals surface area contributed by atoms with Crippen LogP contribution in [0.3, 0.4) is 0 Å². The second-order valence-corrected chi connectivity index (χ2v) is 5.95. The number of morpholine rings is 1. The van der Waals surface area contributed by atoms with Gasteiger partial charge in [-0.05, 0) is 24.6 Å². The van der Waals surface area contributed by atoms with E-state index in [4.69, 9.17) is 4.74 Å². The van der Waals surface area contributed by atoms with Crippen LogP contribution in [-0.2, 0) is 4.74 Å². The fourth-order valence-electron chi connectivity index (χ4n) is 2.86. The first-order valence-electron chi connectivity index (χ1n) is 7.97. The Morgan fingerprint density at radius 2 is 2.13 bits per heavy atom. The summed E-state index contributed by atoms with van der Waals surface area (Å²) in [5.41, 5.74) is 1.76. The summed E-state index contributed by atoms with van der Waals surface area (Å²) in [6.45, 7) is 6.84. The molecular formula is C17H22N3O3+. The molecule has 1 amide bonds. The van der Waals surface area contributed by atoms with Crippen molar-refractivity contribution in [2.24, 2.45) is 0 Å². The number of pyridine rings is 1. The average molecular weight is 316 g/mol. The summed E-state index contributed by atoms with van der Waals surface area (Å²) in [5.74, 6) is -0.318. The molecule has 1 fully saturated rings. The molecular weight excluding hydrogens is 294 g/mol. The van der Waals surface area contributed by atoms with Gasteiger partial charge in [0.25, 0.3) is 5.91 Å². The van der Waals surface area contributed by atoms with E-state index in [9.17, 15) is 9.59 Å². The predicted molar refractivity (Wildman–Crippen MR) is 88.0 cm³/mol. The Bertz CT molecular complexity index is 763. The van der Waals surface area contributed by atoms with E-state index in [1.54, 1.807) is 6.07 Å². The Morgan fingerprint density at radius 3 is 2.91 bits per heavy atom. The fourth-order valence-corrected chi connectivity index (χ4v) is 2.86. The predicted octanol–water partition coefficient (Wildman–Crippen LogP) is -0.519. The second kappa shape index (κ2) is 6.93. The van der Waals surface area contributed by atoms with Crippen LogP contribution in [0.2, 0.25) is 0 Å². The van der Waals surface area contributed by atoms with Crippen molar-refractivity contribution in [1.29, 1.82) is 0 Å². The van der Waals surface area contributed by atoms with Crippen molar-refractivity contribution in [1.82, 2.24) is 10.3 Å². The van der Waals surface area contributed by atoms with Crippen LogP contribution in [0.15, 0.2) is 29.2 Å². The van der Waals surface area contributed by atoms with E-state index in [2.05, 4.69) is 10.3 Å². The molecule has 0 unspecified atom stereocenters. The summed E-state index contributed by atoms with van der Waals surface area (Å²) in [4.78, 5) is 29.2. The number of amides is 1. The van der Waals surface area contributed by atoms with Crippen LogP contribution in [0.1, 0.15) is 15.9 Å². The van der Waals surface area contributed by atoms with Crippen LogP contribution in [0.4, 0.5) is 0 Å². The van der Waals surface area contributed by atoms with Crippen molar-refractivity contribution in [2.45, 2.75) is 6.92 Å². The smallest absolute Gasteiger partial charge is 0.256 e. The topological polar surface area (TPSA) is 75.6 Å². The number of hydrogen-bond acceptors (Lipinski definition) is 3. The van der Waals surface area contributed by atoms with Crippen molar-refractivity contribution in [3.05, 3.63) is 45.7 Å². The molecule has 0 spiro atoms. The molecule has 0 aliphatic carbocycles. The maximum atomic E-state index is 12.4. The molecule has 2 aromatic rings. The van der Waals surface area contributed by atoms with E-state index in [1.807, 2.05) is 19.1 Å². The van der Waals surface area contributed by atoms with Gasteiger partial charge in [0.1, 0.15) is 18.7 Å². The molecule has 0 radical (unpaired) electrons. The van der Waals surface area contributed by atoms with Crippen molar-refractivity contribution in [2.75, 3.05) is 39.4 Å². The Kier molecular flexibility index (Phi) is 4.73. The molecule has 2 heterocycles. The van der Waals surface area contributed by atoms with Gasteiger partial charge in [0.2, 0.25) is 5.43 Å². The van der Waals surface area contributed by atoms with Gasteiger partial charge >= 0.3 is 0 Å². The molecule has 0 saturated carbocycles. The van der Waals surface area contributed by atoms with E-state index >= 15 is 0 Å². The number of aromatic amines is 1. The zero-order chi connectivity index (χ0) is 16.2. The number of carbonyl (C=O) groups excluding carboxylic acids is 1. The third-order valence-corrected chi connectivity index (χ3v) is 4.24. The lowest BCUT2D eigenvalue weighted by molar-refractivity contribution is -0.906. The molecule has 1 aromatic carbocycles. The van der Waals surface area contributed by atoms with Crippen LogP contribution in [0.5, 0.6) is 0 Å². The molecule has 0 bridgehead atoms. The summed E-state index contributed by atoms with van der Waals surface area (Å²) < 4.78 is 5.31. The molecule has 6 heteroatoms. The normalized spacial score (nSPS) is 15.7. The second-order valence-electron chi connectivity index (χ2n) is 5.95. The van der Waals surface area contributed by atoms with Crippen molar-refractivity contribution >= 4 is 16.8 Å². The third kappa shape index (κ3) is 3.60. The highest BCUT2D eigenvalue weighted by atomic mass is 16.5. The maximum absolute atomic E-state index is 12.4. The number of aromatic nitrogens is 1. The van der Waals surface area contributed by atoms with Gasteiger partial charge in [0, 0.05) is 17.1 Å². The minimum absolute atomic E-state index is 0.165. The van der Waals surface area contributed by atoms with Crippen molar-refractivity contribution in [3.63, 3.8) is 0 Å². The number of carbonyl (C=O) groups is 1. The van der Waals surface area contributed by atoms with Crippen molar-refractivity contribution < 1.29 is 14.4 Å². The zero-order valence-corrected chi connectivity index (χ0v) is 13.3. The number of benzene rings is 1. The summed E-state index contributed by atoms with van der Waals surface area (Å²) in [6, 6.07) is 5.54. The van der Waals surface area contributed by atoms with Gasteiger partial charge in [-0.2, -0.15) is 0 Å². The SMILES string of the molecule is Cc1ccc2c(=O)c(C(=O)NCC[NH+]3CCOCC3)c[nH]c2c1. The summed E-state index contributed by atoms with van der Waals surface area (Å²) in [6.07, 6.45) is 1.50. The molecule has 23 heavy (non-hydrogen) atoms. The highest BCUT2D eigenvalue weighted by molar-refractivity contribution is 5.97. The number of rotatable bonds is 4. The standard InChI is InChI=1S/C17H21N3O3/c1-12-2-3-13-15(10-12)19-11-14(16(13)21)17(22)18-4-5-20-6-8-23-9-7-20/h2-3,10-11H,4-9H2,1H3,(H,18,22)(H,19,21)/p+1. The van der Waals surface area contributed by atoms with Gasteiger partial charge in [-0.1, -0.05) is 6.07 Å². The zero-order valence-electron chi connectivity index (χ0n) is 13.3. The Labute approximate surface area is 134 Å². The van der Waals surface area contributed by atoms with Crippen LogP contribution in [-0.4, -0.2) is 50.3 Å². The Hall–Kier alpha value is -2.18. The highest BCUT2D eigenvalue weighted by Crippen LogP contribution is 2.10. The van der Waals surface area contributed by atoms with E-state index in [-0.39, 0.29) is 16.9 Å². The molecule has 3 rings (SSSR count).